The first kappa shape index (κ1) is 14.6. The number of pyridine rings is 1. The van der Waals surface area contributed by atoms with Gasteiger partial charge in [0.2, 0.25) is 0 Å². The van der Waals surface area contributed by atoms with Crippen molar-refractivity contribution in [2.45, 2.75) is 6.92 Å². The molecule has 0 saturated heterocycles. The summed E-state index contributed by atoms with van der Waals surface area (Å²) in [6, 6.07) is 5.13. The van der Waals surface area contributed by atoms with Gasteiger partial charge >= 0.3 is 5.97 Å². The Labute approximate surface area is 119 Å². The minimum absolute atomic E-state index is 0.389. The number of aryl methyl sites for hydroxylation is 2. The van der Waals surface area contributed by atoms with Crippen LogP contribution in [0.1, 0.15) is 15.9 Å². The van der Waals surface area contributed by atoms with Crippen LogP contribution >= 0.6 is 0 Å². The predicted molar refractivity (Wildman–Crippen MR) is 75.6 cm³/mol. The van der Waals surface area contributed by atoms with Gasteiger partial charge in [-0.05, 0) is 18.6 Å². The Morgan fingerprint density at radius 1 is 1.33 bits per heavy atom. The average molecular weight is 290 g/mol. The van der Waals surface area contributed by atoms with Crippen molar-refractivity contribution in [1.29, 1.82) is 0 Å². The summed E-state index contributed by atoms with van der Waals surface area (Å²) in [4.78, 5) is 34.6. The fourth-order valence-electron chi connectivity index (χ4n) is 2.19. The lowest BCUT2D eigenvalue weighted by atomic mass is 10.0. The second kappa shape index (κ2) is 5.28. The summed E-state index contributed by atoms with van der Waals surface area (Å²) in [5.74, 6) is -2.59. The maximum atomic E-state index is 12.2. The third kappa shape index (κ3) is 2.45. The van der Waals surface area contributed by atoms with Crippen molar-refractivity contribution >= 4 is 22.8 Å². The van der Waals surface area contributed by atoms with Crippen molar-refractivity contribution < 1.29 is 19.8 Å². The number of nitrogens with one attached hydrogen (secondary N) is 1. The van der Waals surface area contributed by atoms with Crippen molar-refractivity contribution in [3.63, 3.8) is 0 Å². The topological polar surface area (TPSA) is 109 Å². The van der Waals surface area contributed by atoms with E-state index in [0.717, 1.165) is 0 Å². The van der Waals surface area contributed by atoms with Gasteiger partial charge in [0.25, 0.3) is 11.5 Å². The fraction of sp³-hybridized carbons (Fsp3) is 0.214. The van der Waals surface area contributed by atoms with E-state index in [1.165, 1.54) is 11.6 Å². The summed E-state index contributed by atoms with van der Waals surface area (Å²) in [5, 5.41) is 21.3. The third-order valence-corrected chi connectivity index (χ3v) is 3.23. The van der Waals surface area contributed by atoms with Gasteiger partial charge in [0.1, 0.15) is 17.9 Å². The number of carboxylic acids is 1. The quantitative estimate of drug-likeness (QED) is 0.756. The maximum absolute atomic E-state index is 12.2. The number of amides is 1. The van der Waals surface area contributed by atoms with Gasteiger partial charge in [0, 0.05) is 12.4 Å². The highest BCUT2D eigenvalue weighted by molar-refractivity contribution is 6.03. The van der Waals surface area contributed by atoms with E-state index in [1.807, 2.05) is 0 Å². The second-order valence-electron chi connectivity index (χ2n) is 4.63. The van der Waals surface area contributed by atoms with Gasteiger partial charge < -0.3 is 20.1 Å². The van der Waals surface area contributed by atoms with Crippen LogP contribution in [0.2, 0.25) is 0 Å². The molecule has 3 N–H and O–H groups in total. The summed E-state index contributed by atoms with van der Waals surface area (Å²) in [7, 11) is 1.48. The van der Waals surface area contributed by atoms with Crippen LogP contribution in [-0.2, 0) is 11.8 Å². The van der Waals surface area contributed by atoms with Crippen LogP contribution in [0.5, 0.6) is 5.75 Å². The van der Waals surface area contributed by atoms with Gasteiger partial charge in [-0.2, -0.15) is 0 Å². The van der Waals surface area contributed by atoms with Gasteiger partial charge in [0.15, 0.2) is 0 Å². The van der Waals surface area contributed by atoms with E-state index in [4.69, 9.17) is 5.11 Å². The molecule has 0 saturated carbocycles. The van der Waals surface area contributed by atoms with Gasteiger partial charge in [0.05, 0.1) is 5.52 Å². The number of aromatic nitrogens is 1. The molecule has 110 valence electrons. The number of aromatic hydroxyl groups is 1. The number of nitrogens with zero attached hydrogens (tertiary/aromatic N) is 1. The molecule has 0 radical (unpaired) electrons. The number of fused-ring (bicyclic) bond motifs is 1. The Bertz CT molecular complexity index is 807. The van der Waals surface area contributed by atoms with Crippen LogP contribution in [-0.4, -0.2) is 33.2 Å². The molecule has 21 heavy (non-hydrogen) atoms. The van der Waals surface area contributed by atoms with E-state index >= 15 is 0 Å². The molecule has 1 amide bonds. The van der Waals surface area contributed by atoms with E-state index < -0.39 is 35.3 Å². The minimum Gasteiger partial charge on any atom is -0.506 e. The Morgan fingerprint density at radius 2 is 2.00 bits per heavy atom. The van der Waals surface area contributed by atoms with E-state index in [1.54, 1.807) is 25.1 Å². The van der Waals surface area contributed by atoms with Crippen LogP contribution in [0.3, 0.4) is 0 Å². The zero-order valence-corrected chi connectivity index (χ0v) is 11.5. The number of rotatable bonds is 3. The van der Waals surface area contributed by atoms with Crippen molar-refractivity contribution in [3.05, 3.63) is 39.7 Å². The summed E-state index contributed by atoms with van der Waals surface area (Å²) < 4.78 is 1.25. The molecule has 0 unspecified atom stereocenters. The summed E-state index contributed by atoms with van der Waals surface area (Å²) >= 11 is 0. The molecule has 0 fully saturated rings. The van der Waals surface area contributed by atoms with Gasteiger partial charge in [-0.25, -0.2) is 0 Å². The first-order valence-corrected chi connectivity index (χ1v) is 6.16. The van der Waals surface area contributed by atoms with Crippen LogP contribution < -0.4 is 10.9 Å². The molecule has 0 atom stereocenters. The van der Waals surface area contributed by atoms with Crippen LogP contribution in [0.15, 0.2) is 23.0 Å². The molecule has 1 heterocycles. The zero-order chi connectivity index (χ0) is 15.7. The van der Waals surface area contributed by atoms with Gasteiger partial charge in [-0.3, -0.25) is 14.4 Å². The number of hydrogen-bond donors (Lipinski definition) is 3. The second-order valence-corrected chi connectivity index (χ2v) is 4.63. The lowest BCUT2D eigenvalue weighted by Crippen LogP contribution is -2.35. The molecule has 1 aromatic heterocycles. The highest BCUT2D eigenvalue weighted by atomic mass is 16.4. The Kier molecular flexibility index (Phi) is 3.66. The first-order valence-electron chi connectivity index (χ1n) is 6.16. The van der Waals surface area contributed by atoms with Gasteiger partial charge in [-0.1, -0.05) is 12.1 Å². The molecule has 7 heteroatoms. The SMILES string of the molecule is Cc1cccc2c1c(O)c(C(=O)NCC(=O)O)c(=O)n2C. The number of carboxylic acid groups (broad SMARTS) is 1. The standard InChI is InChI=1S/C14H14N2O5/c1-7-4-3-5-8-10(7)12(19)11(14(21)16(8)2)13(20)15-6-9(17)18/h3-5,19H,6H2,1-2H3,(H,15,20)(H,17,18). The largest absolute Gasteiger partial charge is 0.506 e. The molecule has 0 bridgehead atoms. The smallest absolute Gasteiger partial charge is 0.322 e. The number of aliphatic carboxylic acids is 1. The number of carbonyl (C=O) groups excluding carboxylic acids is 1. The lowest BCUT2D eigenvalue weighted by molar-refractivity contribution is -0.135. The highest BCUT2D eigenvalue weighted by Crippen LogP contribution is 2.28. The Hall–Kier alpha value is -2.83. The third-order valence-electron chi connectivity index (χ3n) is 3.23. The van der Waals surface area contributed by atoms with E-state index in [0.29, 0.717) is 16.5 Å². The van der Waals surface area contributed by atoms with Crippen molar-refractivity contribution in [1.82, 2.24) is 9.88 Å². The normalized spacial score (nSPS) is 10.6. The van der Waals surface area contributed by atoms with Crippen LogP contribution in [0.4, 0.5) is 0 Å². The molecule has 2 aromatic rings. The number of benzene rings is 1. The highest BCUT2D eigenvalue weighted by Gasteiger charge is 2.22. The van der Waals surface area contributed by atoms with Crippen molar-refractivity contribution in [2.24, 2.45) is 7.05 Å². The summed E-state index contributed by atoms with van der Waals surface area (Å²) in [6.07, 6.45) is 0. The van der Waals surface area contributed by atoms with E-state index in [2.05, 4.69) is 5.32 Å². The Morgan fingerprint density at radius 3 is 2.62 bits per heavy atom. The van der Waals surface area contributed by atoms with E-state index in [-0.39, 0.29) is 0 Å². The molecule has 0 spiro atoms. The molecule has 0 aliphatic heterocycles. The average Bonchev–Trinajstić information content (AvgIpc) is 2.42. The molecule has 1 aromatic carbocycles. The fourth-order valence-corrected chi connectivity index (χ4v) is 2.19. The molecule has 0 aliphatic rings. The zero-order valence-electron chi connectivity index (χ0n) is 11.5. The monoisotopic (exact) mass is 290 g/mol. The molecular formula is C14H14N2O5. The Balaban J connectivity index is 2.70. The summed E-state index contributed by atoms with van der Waals surface area (Å²) in [6.45, 7) is 1.11. The number of carbonyl (C=O) groups is 2. The van der Waals surface area contributed by atoms with E-state index in [9.17, 15) is 19.5 Å². The summed E-state index contributed by atoms with van der Waals surface area (Å²) in [5.41, 5.74) is 0.0502. The van der Waals surface area contributed by atoms with Crippen molar-refractivity contribution in [3.8, 4) is 5.75 Å². The maximum Gasteiger partial charge on any atom is 0.322 e. The molecule has 0 aliphatic carbocycles. The predicted octanol–water partition coefficient (Wildman–Crippen LogP) is 0.367. The molecule has 7 nitrogen and oxygen atoms in total. The lowest BCUT2D eigenvalue weighted by Gasteiger charge is -2.13. The minimum atomic E-state index is -1.24. The van der Waals surface area contributed by atoms with Crippen molar-refractivity contribution in [2.75, 3.05) is 6.54 Å². The van der Waals surface area contributed by atoms with Crippen LogP contribution in [0, 0.1) is 6.92 Å². The van der Waals surface area contributed by atoms with Gasteiger partial charge in [-0.15, -0.1) is 0 Å². The molecule has 2 rings (SSSR count). The number of hydrogen-bond acceptors (Lipinski definition) is 4. The van der Waals surface area contributed by atoms with Crippen LogP contribution in [0.25, 0.3) is 10.9 Å². The first-order chi connectivity index (χ1) is 9.84. The molecular weight excluding hydrogens is 276 g/mol.